The molecule has 0 spiro atoms. The van der Waals surface area contributed by atoms with Gasteiger partial charge in [0.1, 0.15) is 5.75 Å². The molecule has 1 aromatic rings. The summed E-state index contributed by atoms with van der Waals surface area (Å²) in [5, 5.41) is 0. The standard InChI is InChI=1S/C20H33NO/c1-17(2)19-11-10-18(3)16-20(19)22-15-9-8-14-21-12-6-4-5-7-13-21/h10-11,16-17H,4-9,12-15H2,1-3H3/p+1. The van der Waals surface area contributed by atoms with Crippen molar-refractivity contribution < 1.29 is 9.64 Å². The van der Waals surface area contributed by atoms with Crippen LogP contribution in [0, 0.1) is 6.92 Å². The van der Waals surface area contributed by atoms with E-state index < -0.39 is 0 Å². The number of rotatable bonds is 7. The molecule has 0 bridgehead atoms. The lowest BCUT2D eigenvalue weighted by molar-refractivity contribution is -0.899. The molecule has 1 aliphatic heterocycles. The molecule has 22 heavy (non-hydrogen) atoms. The Balaban J connectivity index is 1.71. The van der Waals surface area contributed by atoms with Crippen LogP contribution in [-0.2, 0) is 0 Å². The van der Waals surface area contributed by atoms with Crippen molar-refractivity contribution in [1.29, 1.82) is 0 Å². The molecule has 0 amide bonds. The Hall–Kier alpha value is -1.02. The molecule has 0 aromatic heterocycles. The Kier molecular flexibility index (Phi) is 7.24. The van der Waals surface area contributed by atoms with E-state index in [0.29, 0.717) is 5.92 Å². The molecular weight excluding hydrogens is 270 g/mol. The van der Waals surface area contributed by atoms with E-state index in [-0.39, 0.29) is 0 Å². The van der Waals surface area contributed by atoms with Crippen LogP contribution >= 0.6 is 0 Å². The van der Waals surface area contributed by atoms with Crippen LogP contribution in [0.1, 0.15) is 69.4 Å². The van der Waals surface area contributed by atoms with Gasteiger partial charge in [-0.25, -0.2) is 0 Å². The summed E-state index contributed by atoms with van der Waals surface area (Å²) in [6, 6.07) is 6.59. The number of ether oxygens (including phenoxy) is 1. The quantitative estimate of drug-likeness (QED) is 0.758. The lowest BCUT2D eigenvalue weighted by Gasteiger charge is -2.17. The average molecular weight is 304 g/mol. The fourth-order valence-corrected chi connectivity index (χ4v) is 3.38. The number of quaternary nitrogens is 1. The smallest absolute Gasteiger partial charge is 0.122 e. The highest BCUT2D eigenvalue weighted by molar-refractivity contribution is 5.39. The highest BCUT2D eigenvalue weighted by Gasteiger charge is 2.12. The zero-order valence-corrected chi connectivity index (χ0v) is 14.8. The summed E-state index contributed by atoms with van der Waals surface area (Å²) in [4.78, 5) is 1.82. The number of aryl methyl sites for hydroxylation is 1. The van der Waals surface area contributed by atoms with E-state index in [9.17, 15) is 0 Å². The van der Waals surface area contributed by atoms with Crippen LogP contribution in [0.3, 0.4) is 0 Å². The van der Waals surface area contributed by atoms with Crippen molar-refractivity contribution in [1.82, 2.24) is 0 Å². The van der Waals surface area contributed by atoms with Gasteiger partial charge in [-0.3, -0.25) is 0 Å². The Morgan fingerprint density at radius 3 is 2.45 bits per heavy atom. The van der Waals surface area contributed by atoms with E-state index in [4.69, 9.17) is 4.74 Å². The Labute approximate surface area is 136 Å². The molecule has 1 N–H and O–H groups in total. The van der Waals surface area contributed by atoms with Crippen molar-refractivity contribution in [2.45, 2.75) is 65.2 Å². The van der Waals surface area contributed by atoms with Crippen molar-refractivity contribution >= 4 is 0 Å². The van der Waals surface area contributed by atoms with Gasteiger partial charge in [0, 0.05) is 0 Å². The number of hydrogen-bond donors (Lipinski definition) is 1. The van der Waals surface area contributed by atoms with Gasteiger partial charge in [0.15, 0.2) is 0 Å². The predicted molar refractivity (Wildman–Crippen MR) is 94.0 cm³/mol. The molecule has 0 radical (unpaired) electrons. The third kappa shape index (κ3) is 5.64. The number of unbranched alkanes of at least 4 members (excludes halogenated alkanes) is 1. The summed E-state index contributed by atoms with van der Waals surface area (Å²) in [5.41, 5.74) is 2.62. The first-order valence-corrected chi connectivity index (χ1v) is 9.23. The molecule has 1 aromatic carbocycles. The molecule has 1 heterocycles. The fraction of sp³-hybridized carbons (Fsp3) is 0.700. The van der Waals surface area contributed by atoms with Crippen LogP contribution in [0.15, 0.2) is 18.2 Å². The van der Waals surface area contributed by atoms with Gasteiger partial charge in [-0.15, -0.1) is 0 Å². The lowest BCUT2D eigenvalue weighted by Crippen LogP contribution is -3.11. The summed E-state index contributed by atoms with van der Waals surface area (Å²) in [6.45, 7) is 11.6. The topological polar surface area (TPSA) is 13.7 Å². The molecule has 0 atom stereocenters. The second kappa shape index (κ2) is 9.19. The average Bonchev–Trinajstić information content (AvgIpc) is 2.75. The van der Waals surface area contributed by atoms with Gasteiger partial charge >= 0.3 is 0 Å². The maximum absolute atomic E-state index is 6.08. The van der Waals surface area contributed by atoms with Crippen LogP contribution in [-0.4, -0.2) is 26.2 Å². The minimum atomic E-state index is 0.525. The van der Waals surface area contributed by atoms with Gasteiger partial charge in [0.05, 0.1) is 26.2 Å². The van der Waals surface area contributed by atoms with Gasteiger partial charge in [-0.1, -0.05) is 26.0 Å². The van der Waals surface area contributed by atoms with Crippen molar-refractivity contribution in [3.63, 3.8) is 0 Å². The van der Waals surface area contributed by atoms with Crippen LogP contribution in [0.4, 0.5) is 0 Å². The number of likely N-dealkylation sites (tertiary alicyclic amines) is 1. The zero-order chi connectivity index (χ0) is 15.8. The number of nitrogens with one attached hydrogen (secondary N) is 1. The summed E-state index contributed by atoms with van der Waals surface area (Å²) < 4.78 is 6.08. The first-order valence-electron chi connectivity index (χ1n) is 9.23. The van der Waals surface area contributed by atoms with Crippen LogP contribution in [0.2, 0.25) is 0 Å². The largest absolute Gasteiger partial charge is 0.493 e. The first-order chi connectivity index (χ1) is 10.7. The van der Waals surface area contributed by atoms with Crippen molar-refractivity contribution in [2.24, 2.45) is 0 Å². The SMILES string of the molecule is Cc1ccc(C(C)C)c(OCCCC[NH+]2CCCCCC2)c1. The number of hydrogen-bond acceptors (Lipinski definition) is 1. The van der Waals surface area contributed by atoms with E-state index in [1.165, 1.54) is 69.3 Å². The first kappa shape index (κ1) is 17.3. The second-order valence-electron chi connectivity index (χ2n) is 7.17. The Bertz CT molecular complexity index is 433. The normalized spacial score (nSPS) is 16.7. The minimum absolute atomic E-state index is 0.525. The highest BCUT2D eigenvalue weighted by atomic mass is 16.5. The van der Waals surface area contributed by atoms with E-state index in [1.54, 1.807) is 0 Å². The summed E-state index contributed by atoms with van der Waals surface area (Å²) in [7, 11) is 0. The van der Waals surface area contributed by atoms with E-state index in [0.717, 1.165) is 12.4 Å². The highest BCUT2D eigenvalue weighted by Crippen LogP contribution is 2.27. The van der Waals surface area contributed by atoms with Gasteiger partial charge < -0.3 is 9.64 Å². The van der Waals surface area contributed by atoms with Gasteiger partial charge in [-0.05, 0) is 68.6 Å². The summed E-state index contributed by atoms with van der Waals surface area (Å²) >= 11 is 0. The van der Waals surface area contributed by atoms with Gasteiger partial charge in [-0.2, -0.15) is 0 Å². The summed E-state index contributed by atoms with van der Waals surface area (Å²) in [6.07, 6.45) is 8.20. The molecule has 0 unspecified atom stereocenters. The van der Waals surface area contributed by atoms with Crippen LogP contribution < -0.4 is 9.64 Å². The lowest BCUT2D eigenvalue weighted by atomic mass is 10.0. The van der Waals surface area contributed by atoms with Crippen LogP contribution in [0.25, 0.3) is 0 Å². The zero-order valence-electron chi connectivity index (χ0n) is 14.8. The van der Waals surface area contributed by atoms with Crippen molar-refractivity contribution in [2.75, 3.05) is 26.2 Å². The molecule has 1 fully saturated rings. The Morgan fingerprint density at radius 1 is 1.05 bits per heavy atom. The predicted octanol–water partition coefficient (Wildman–Crippen LogP) is 3.74. The van der Waals surface area contributed by atoms with Gasteiger partial charge in [0.25, 0.3) is 0 Å². The minimum Gasteiger partial charge on any atom is -0.493 e. The van der Waals surface area contributed by atoms with Crippen molar-refractivity contribution in [3.05, 3.63) is 29.3 Å². The molecular formula is C20H34NO+. The Morgan fingerprint density at radius 2 is 1.77 bits per heavy atom. The third-order valence-corrected chi connectivity index (χ3v) is 4.78. The molecule has 2 heteroatoms. The van der Waals surface area contributed by atoms with Crippen molar-refractivity contribution in [3.8, 4) is 5.75 Å². The molecule has 2 nitrogen and oxygen atoms in total. The molecule has 1 saturated heterocycles. The summed E-state index contributed by atoms with van der Waals surface area (Å²) in [5.74, 6) is 1.62. The second-order valence-corrected chi connectivity index (χ2v) is 7.17. The molecule has 0 aliphatic carbocycles. The number of benzene rings is 1. The van der Waals surface area contributed by atoms with E-state index in [2.05, 4.69) is 39.0 Å². The fourth-order valence-electron chi connectivity index (χ4n) is 3.38. The maximum atomic E-state index is 6.08. The van der Waals surface area contributed by atoms with E-state index in [1.807, 2.05) is 4.90 Å². The van der Waals surface area contributed by atoms with Crippen LogP contribution in [0.5, 0.6) is 5.75 Å². The maximum Gasteiger partial charge on any atom is 0.122 e. The molecule has 124 valence electrons. The van der Waals surface area contributed by atoms with E-state index >= 15 is 0 Å². The molecule has 1 aliphatic rings. The third-order valence-electron chi connectivity index (χ3n) is 4.78. The molecule has 2 rings (SSSR count). The molecule has 0 saturated carbocycles. The van der Waals surface area contributed by atoms with Gasteiger partial charge in [0.2, 0.25) is 0 Å². The monoisotopic (exact) mass is 304 g/mol.